The van der Waals surface area contributed by atoms with Gasteiger partial charge in [-0.1, -0.05) is 6.42 Å². The van der Waals surface area contributed by atoms with Crippen LogP contribution in [0.5, 0.6) is 5.75 Å². The number of hydrogen-bond donors (Lipinski definition) is 1. The lowest BCUT2D eigenvalue weighted by Gasteiger charge is -2.21. The molecule has 0 radical (unpaired) electrons. The summed E-state index contributed by atoms with van der Waals surface area (Å²) in [5.41, 5.74) is 6.40. The van der Waals surface area contributed by atoms with Gasteiger partial charge in [-0.05, 0) is 55.9 Å². The summed E-state index contributed by atoms with van der Waals surface area (Å²) in [5, 5.41) is 0. The van der Waals surface area contributed by atoms with Crippen molar-refractivity contribution < 1.29 is 9.47 Å². The zero-order chi connectivity index (χ0) is 12.6. The van der Waals surface area contributed by atoms with E-state index in [-0.39, 0.29) is 0 Å². The highest BCUT2D eigenvalue weighted by Gasteiger charge is 2.12. The largest absolute Gasteiger partial charge is 0.494 e. The number of benzene rings is 1. The molecule has 1 aliphatic rings. The van der Waals surface area contributed by atoms with Gasteiger partial charge in [0, 0.05) is 18.9 Å². The van der Waals surface area contributed by atoms with Gasteiger partial charge >= 0.3 is 0 Å². The molecule has 1 aromatic rings. The number of anilines is 1. The Balaban J connectivity index is 1.54. The fourth-order valence-corrected chi connectivity index (χ4v) is 2.32. The Bertz CT molecular complexity index is 331. The van der Waals surface area contributed by atoms with Crippen molar-refractivity contribution in [2.45, 2.75) is 32.1 Å². The molecule has 3 heteroatoms. The van der Waals surface area contributed by atoms with Gasteiger partial charge in [0.1, 0.15) is 5.75 Å². The third-order valence-corrected chi connectivity index (χ3v) is 3.50. The van der Waals surface area contributed by atoms with Crippen molar-refractivity contribution in [3.63, 3.8) is 0 Å². The first-order valence-corrected chi connectivity index (χ1v) is 6.90. The maximum absolute atomic E-state index is 5.67. The highest BCUT2D eigenvalue weighted by molar-refractivity contribution is 5.41. The van der Waals surface area contributed by atoms with Crippen LogP contribution in [0.4, 0.5) is 5.69 Å². The molecule has 1 heterocycles. The molecule has 3 nitrogen and oxygen atoms in total. The molecule has 0 amide bonds. The van der Waals surface area contributed by atoms with E-state index in [0.717, 1.165) is 43.6 Å². The van der Waals surface area contributed by atoms with Crippen molar-refractivity contribution in [2.75, 3.05) is 25.6 Å². The number of nitrogen functional groups attached to an aromatic ring is 1. The first-order valence-electron chi connectivity index (χ1n) is 6.90. The van der Waals surface area contributed by atoms with E-state index in [0.29, 0.717) is 0 Å². The minimum absolute atomic E-state index is 0.780. The van der Waals surface area contributed by atoms with Gasteiger partial charge in [0.25, 0.3) is 0 Å². The first-order chi connectivity index (χ1) is 8.84. The van der Waals surface area contributed by atoms with E-state index in [4.69, 9.17) is 15.2 Å². The molecule has 0 bridgehead atoms. The quantitative estimate of drug-likeness (QED) is 0.621. The van der Waals surface area contributed by atoms with E-state index >= 15 is 0 Å². The van der Waals surface area contributed by atoms with Gasteiger partial charge in [0.15, 0.2) is 0 Å². The summed E-state index contributed by atoms with van der Waals surface area (Å²) in [6, 6.07) is 7.59. The van der Waals surface area contributed by atoms with Crippen molar-refractivity contribution in [3.05, 3.63) is 24.3 Å². The molecule has 1 fully saturated rings. The average molecular weight is 249 g/mol. The van der Waals surface area contributed by atoms with Crippen molar-refractivity contribution in [1.29, 1.82) is 0 Å². The molecule has 18 heavy (non-hydrogen) atoms. The van der Waals surface area contributed by atoms with Gasteiger partial charge in [-0.2, -0.15) is 0 Å². The second kappa shape index (κ2) is 7.27. The zero-order valence-corrected chi connectivity index (χ0v) is 10.9. The molecule has 0 saturated carbocycles. The summed E-state index contributed by atoms with van der Waals surface area (Å²) in [6.07, 6.45) is 6.16. The average Bonchev–Trinajstić information content (AvgIpc) is 2.42. The maximum Gasteiger partial charge on any atom is 0.119 e. The van der Waals surface area contributed by atoms with E-state index in [1.54, 1.807) is 0 Å². The minimum atomic E-state index is 0.780. The highest BCUT2D eigenvalue weighted by atomic mass is 16.5. The van der Waals surface area contributed by atoms with E-state index in [9.17, 15) is 0 Å². The first kappa shape index (κ1) is 13.2. The lowest BCUT2D eigenvalue weighted by molar-refractivity contribution is 0.0628. The van der Waals surface area contributed by atoms with Crippen molar-refractivity contribution in [3.8, 4) is 5.75 Å². The van der Waals surface area contributed by atoms with Crippen LogP contribution < -0.4 is 10.5 Å². The second-order valence-electron chi connectivity index (χ2n) is 4.97. The number of rotatable bonds is 6. The van der Waals surface area contributed by atoms with Gasteiger partial charge < -0.3 is 15.2 Å². The van der Waals surface area contributed by atoms with Crippen LogP contribution in [0.2, 0.25) is 0 Å². The minimum Gasteiger partial charge on any atom is -0.494 e. The SMILES string of the molecule is Nc1ccc(OCCCCC2CCOCC2)cc1. The summed E-state index contributed by atoms with van der Waals surface area (Å²) in [7, 11) is 0. The Morgan fingerprint density at radius 3 is 2.56 bits per heavy atom. The van der Waals surface area contributed by atoms with Crippen LogP contribution in [0.15, 0.2) is 24.3 Å². The van der Waals surface area contributed by atoms with Crippen LogP contribution in [-0.4, -0.2) is 19.8 Å². The standard InChI is InChI=1S/C15H23NO2/c16-14-4-6-15(7-5-14)18-10-2-1-3-13-8-11-17-12-9-13/h4-7,13H,1-3,8-12,16H2. The molecule has 1 aliphatic heterocycles. The van der Waals surface area contributed by atoms with Crippen molar-refractivity contribution in [1.82, 2.24) is 0 Å². The van der Waals surface area contributed by atoms with Crippen LogP contribution >= 0.6 is 0 Å². The molecular formula is C15H23NO2. The Morgan fingerprint density at radius 1 is 1.11 bits per heavy atom. The Morgan fingerprint density at radius 2 is 1.83 bits per heavy atom. The molecule has 0 unspecified atom stereocenters. The molecule has 0 atom stereocenters. The second-order valence-corrected chi connectivity index (χ2v) is 4.97. The van der Waals surface area contributed by atoms with Gasteiger partial charge in [0.2, 0.25) is 0 Å². The summed E-state index contributed by atoms with van der Waals surface area (Å²) >= 11 is 0. The summed E-state index contributed by atoms with van der Waals surface area (Å²) in [6.45, 7) is 2.70. The number of ether oxygens (including phenoxy) is 2. The van der Waals surface area contributed by atoms with Crippen LogP contribution in [0, 0.1) is 5.92 Å². The van der Waals surface area contributed by atoms with Gasteiger partial charge in [-0.15, -0.1) is 0 Å². The monoisotopic (exact) mass is 249 g/mol. The van der Waals surface area contributed by atoms with Crippen LogP contribution in [0.1, 0.15) is 32.1 Å². The van der Waals surface area contributed by atoms with Gasteiger partial charge in [-0.3, -0.25) is 0 Å². The molecule has 1 aromatic carbocycles. The molecule has 2 rings (SSSR count). The van der Waals surface area contributed by atoms with E-state index in [1.165, 1.54) is 25.7 Å². The third kappa shape index (κ3) is 4.57. The molecule has 0 aromatic heterocycles. The Labute approximate surface area is 109 Å². The Hall–Kier alpha value is -1.22. The van der Waals surface area contributed by atoms with Crippen LogP contribution in [-0.2, 0) is 4.74 Å². The normalized spacial score (nSPS) is 16.7. The van der Waals surface area contributed by atoms with E-state index < -0.39 is 0 Å². The van der Waals surface area contributed by atoms with Crippen molar-refractivity contribution in [2.24, 2.45) is 5.92 Å². The van der Waals surface area contributed by atoms with E-state index in [1.807, 2.05) is 24.3 Å². The smallest absolute Gasteiger partial charge is 0.119 e. The molecule has 1 saturated heterocycles. The fraction of sp³-hybridized carbons (Fsp3) is 0.600. The molecule has 0 spiro atoms. The predicted molar refractivity (Wildman–Crippen MR) is 73.7 cm³/mol. The summed E-state index contributed by atoms with van der Waals surface area (Å²) in [4.78, 5) is 0. The molecule has 2 N–H and O–H groups in total. The highest BCUT2D eigenvalue weighted by Crippen LogP contribution is 2.21. The van der Waals surface area contributed by atoms with E-state index in [2.05, 4.69) is 0 Å². The van der Waals surface area contributed by atoms with Crippen LogP contribution in [0.25, 0.3) is 0 Å². The summed E-state index contributed by atoms with van der Waals surface area (Å²) < 4.78 is 11.0. The predicted octanol–water partition coefficient (Wildman–Crippen LogP) is 3.24. The zero-order valence-electron chi connectivity index (χ0n) is 10.9. The molecule has 100 valence electrons. The van der Waals surface area contributed by atoms with Gasteiger partial charge in [-0.25, -0.2) is 0 Å². The maximum atomic E-state index is 5.67. The molecular weight excluding hydrogens is 226 g/mol. The lowest BCUT2D eigenvalue weighted by Crippen LogP contribution is -2.15. The number of unbranched alkanes of at least 4 members (excludes halogenated alkanes) is 1. The topological polar surface area (TPSA) is 44.5 Å². The molecule has 0 aliphatic carbocycles. The number of hydrogen-bond acceptors (Lipinski definition) is 3. The van der Waals surface area contributed by atoms with Crippen molar-refractivity contribution >= 4 is 5.69 Å². The number of nitrogens with two attached hydrogens (primary N) is 1. The fourth-order valence-electron chi connectivity index (χ4n) is 2.32. The van der Waals surface area contributed by atoms with Gasteiger partial charge in [0.05, 0.1) is 6.61 Å². The van der Waals surface area contributed by atoms with Crippen LogP contribution in [0.3, 0.4) is 0 Å². The summed E-state index contributed by atoms with van der Waals surface area (Å²) in [5.74, 6) is 1.78. The Kier molecular flexibility index (Phi) is 5.34. The lowest BCUT2D eigenvalue weighted by atomic mass is 9.94. The third-order valence-electron chi connectivity index (χ3n) is 3.50.